The molecule has 1 fully saturated rings. The molecule has 1 heterocycles. The Hall–Kier alpha value is -1.59. The molecule has 0 bridgehead atoms. The normalized spacial score (nSPS) is 20.0. The first-order chi connectivity index (χ1) is 9.13. The minimum absolute atomic E-state index is 0.0608. The van der Waals surface area contributed by atoms with Crippen molar-refractivity contribution in [1.29, 1.82) is 0 Å². The lowest BCUT2D eigenvalue weighted by Crippen LogP contribution is -2.43. The summed E-state index contributed by atoms with van der Waals surface area (Å²) in [7, 11) is 2.10. The highest BCUT2D eigenvalue weighted by molar-refractivity contribution is 5.89. The average Bonchev–Trinajstić information content (AvgIpc) is 2.36. The summed E-state index contributed by atoms with van der Waals surface area (Å²) in [6, 6.07) is 7.70. The van der Waals surface area contributed by atoms with Crippen molar-refractivity contribution in [3.05, 3.63) is 24.3 Å². The molecule has 0 aliphatic carbocycles. The number of nitrogens with zero attached hydrogens (tertiary/aromatic N) is 1. The Labute approximate surface area is 113 Å². The van der Waals surface area contributed by atoms with Gasteiger partial charge in [-0.05, 0) is 25.2 Å². The molecule has 1 aromatic rings. The first kappa shape index (κ1) is 13.8. The van der Waals surface area contributed by atoms with Crippen molar-refractivity contribution in [2.75, 3.05) is 43.9 Å². The van der Waals surface area contributed by atoms with Crippen LogP contribution in [0.25, 0.3) is 0 Å². The topological polar surface area (TPSA) is 53.6 Å². The molecule has 5 nitrogen and oxygen atoms in total. The summed E-state index contributed by atoms with van der Waals surface area (Å²) in [5.74, 6) is -0.0608. The molecular weight excluding hydrogens is 242 g/mol. The number of amides is 1. The van der Waals surface area contributed by atoms with Gasteiger partial charge in [-0.25, -0.2) is 0 Å². The van der Waals surface area contributed by atoms with Crippen molar-refractivity contribution in [2.45, 2.75) is 13.0 Å². The van der Waals surface area contributed by atoms with Crippen molar-refractivity contribution in [2.24, 2.45) is 0 Å². The van der Waals surface area contributed by atoms with Crippen LogP contribution in [0.15, 0.2) is 24.3 Å². The fourth-order valence-corrected chi connectivity index (χ4v) is 2.13. The van der Waals surface area contributed by atoms with Gasteiger partial charge in [0.2, 0.25) is 5.91 Å². The van der Waals surface area contributed by atoms with Gasteiger partial charge in [0.05, 0.1) is 12.7 Å². The monoisotopic (exact) mass is 263 g/mol. The van der Waals surface area contributed by atoms with E-state index in [2.05, 4.69) is 22.6 Å². The average molecular weight is 263 g/mol. The lowest BCUT2D eigenvalue weighted by atomic mass is 10.2. The van der Waals surface area contributed by atoms with Gasteiger partial charge in [0.1, 0.15) is 0 Å². The number of carbonyl (C=O) groups is 1. The van der Waals surface area contributed by atoms with E-state index in [9.17, 15) is 4.79 Å². The molecule has 2 rings (SSSR count). The van der Waals surface area contributed by atoms with E-state index in [4.69, 9.17) is 4.74 Å². The van der Waals surface area contributed by atoms with Gasteiger partial charge in [-0.15, -0.1) is 0 Å². The molecule has 0 aromatic heterocycles. The smallest absolute Gasteiger partial charge is 0.221 e. The maximum atomic E-state index is 11.0. The molecule has 0 saturated carbocycles. The van der Waals surface area contributed by atoms with E-state index in [1.807, 2.05) is 24.3 Å². The predicted molar refractivity (Wildman–Crippen MR) is 76.5 cm³/mol. The molecule has 1 unspecified atom stereocenters. The van der Waals surface area contributed by atoms with E-state index >= 15 is 0 Å². The first-order valence-corrected chi connectivity index (χ1v) is 6.55. The molecule has 1 atom stereocenters. The van der Waals surface area contributed by atoms with Crippen molar-refractivity contribution < 1.29 is 9.53 Å². The van der Waals surface area contributed by atoms with Crippen LogP contribution < -0.4 is 10.6 Å². The number of morpholine rings is 1. The number of hydrogen-bond acceptors (Lipinski definition) is 4. The van der Waals surface area contributed by atoms with E-state index in [1.165, 1.54) is 6.92 Å². The largest absolute Gasteiger partial charge is 0.382 e. The molecule has 5 heteroatoms. The number of benzene rings is 1. The fraction of sp³-hybridized carbons (Fsp3) is 0.500. The standard InChI is InChI=1S/C14H21N3O2/c1-11(18)16-13-5-3-4-12(8-13)15-9-14-10-17(2)6-7-19-14/h3-5,8,14-15H,6-7,9-10H2,1-2H3,(H,16,18). The molecule has 1 aromatic carbocycles. The Morgan fingerprint density at radius 2 is 2.26 bits per heavy atom. The second-order valence-corrected chi connectivity index (χ2v) is 4.90. The number of hydrogen-bond donors (Lipinski definition) is 2. The maximum absolute atomic E-state index is 11.0. The Morgan fingerprint density at radius 1 is 1.47 bits per heavy atom. The van der Waals surface area contributed by atoms with Crippen LogP contribution in [0.3, 0.4) is 0 Å². The van der Waals surface area contributed by atoms with Gasteiger partial charge in [0, 0.05) is 37.9 Å². The zero-order valence-electron chi connectivity index (χ0n) is 11.5. The lowest BCUT2D eigenvalue weighted by Gasteiger charge is -2.30. The molecule has 0 radical (unpaired) electrons. The second-order valence-electron chi connectivity index (χ2n) is 4.90. The van der Waals surface area contributed by atoms with Gasteiger partial charge in [0.25, 0.3) is 0 Å². The summed E-state index contributed by atoms with van der Waals surface area (Å²) in [6.07, 6.45) is 0.211. The summed E-state index contributed by atoms with van der Waals surface area (Å²) in [4.78, 5) is 13.3. The highest BCUT2D eigenvalue weighted by atomic mass is 16.5. The van der Waals surface area contributed by atoms with Gasteiger partial charge in [-0.3, -0.25) is 4.79 Å². The summed E-state index contributed by atoms with van der Waals surface area (Å²) < 4.78 is 5.69. The molecule has 2 N–H and O–H groups in total. The van der Waals surface area contributed by atoms with Crippen molar-refractivity contribution in [3.8, 4) is 0 Å². The minimum Gasteiger partial charge on any atom is -0.382 e. The second kappa shape index (κ2) is 6.54. The SMILES string of the molecule is CC(=O)Nc1cccc(NCC2CN(C)CCO2)c1. The van der Waals surface area contributed by atoms with Gasteiger partial charge in [-0.2, -0.15) is 0 Å². The van der Waals surface area contributed by atoms with Crippen LogP contribution in [0.1, 0.15) is 6.92 Å². The summed E-state index contributed by atoms with van der Waals surface area (Å²) in [5, 5.41) is 6.12. The lowest BCUT2D eigenvalue weighted by molar-refractivity contribution is -0.114. The van der Waals surface area contributed by atoms with Crippen LogP contribution in [-0.4, -0.2) is 50.2 Å². The number of anilines is 2. The molecule has 1 amide bonds. The fourth-order valence-electron chi connectivity index (χ4n) is 2.13. The number of likely N-dealkylation sites (N-methyl/N-ethyl adjacent to an activating group) is 1. The highest BCUT2D eigenvalue weighted by Crippen LogP contribution is 2.15. The van der Waals surface area contributed by atoms with Crippen LogP contribution in [0.4, 0.5) is 11.4 Å². The van der Waals surface area contributed by atoms with Crippen LogP contribution >= 0.6 is 0 Å². The number of rotatable bonds is 4. The molecular formula is C14H21N3O2. The van der Waals surface area contributed by atoms with Crippen molar-refractivity contribution in [1.82, 2.24) is 4.90 Å². The Balaban J connectivity index is 1.86. The molecule has 1 aliphatic heterocycles. The maximum Gasteiger partial charge on any atom is 0.221 e. The number of nitrogens with one attached hydrogen (secondary N) is 2. The minimum atomic E-state index is -0.0608. The number of carbonyl (C=O) groups excluding carboxylic acids is 1. The van der Waals surface area contributed by atoms with E-state index < -0.39 is 0 Å². The van der Waals surface area contributed by atoms with Crippen LogP contribution in [0.5, 0.6) is 0 Å². The van der Waals surface area contributed by atoms with E-state index in [1.54, 1.807) is 0 Å². The zero-order valence-corrected chi connectivity index (χ0v) is 11.5. The third-order valence-corrected chi connectivity index (χ3v) is 3.06. The van der Waals surface area contributed by atoms with Crippen LogP contribution in [-0.2, 0) is 9.53 Å². The summed E-state index contributed by atoms with van der Waals surface area (Å²) in [6.45, 7) is 5.00. The van der Waals surface area contributed by atoms with Gasteiger partial charge in [-0.1, -0.05) is 6.07 Å². The molecule has 19 heavy (non-hydrogen) atoms. The van der Waals surface area contributed by atoms with E-state index in [0.29, 0.717) is 0 Å². The van der Waals surface area contributed by atoms with Gasteiger partial charge < -0.3 is 20.3 Å². The molecule has 1 aliphatic rings. The third kappa shape index (κ3) is 4.54. The van der Waals surface area contributed by atoms with E-state index in [-0.39, 0.29) is 12.0 Å². The first-order valence-electron chi connectivity index (χ1n) is 6.55. The van der Waals surface area contributed by atoms with Gasteiger partial charge >= 0.3 is 0 Å². The third-order valence-electron chi connectivity index (χ3n) is 3.06. The van der Waals surface area contributed by atoms with Crippen molar-refractivity contribution in [3.63, 3.8) is 0 Å². The number of ether oxygens (including phenoxy) is 1. The Bertz CT molecular complexity index is 436. The Morgan fingerprint density at radius 3 is 3.00 bits per heavy atom. The van der Waals surface area contributed by atoms with Crippen LogP contribution in [0, 0.1) is 0 Å². The quantitative estimate of drug-likeness (QED) is 0.862. The summed E-state index contributed by atoms with van der Waals surface area (Å²) in [5.41, 5.74) is 1.79. The van der Waals surface area contributed by atoms with Gasteiger partial charge in [0.15, 0.2) is 0 Å². The predicted octanol–water partition coefficient (Wildman–Crippen LogP) is 1.39. The van der Waals surface area contributed by atoms with Crippen molar-refractivity contribution >= 4 is 17.3 Å². The zero-order chi connectivity index (χ0) is 13.7. The highest BCUT2D eigenvalue weighted by Gasteiger charge is 2.17. The van der Waals surface area contributed by atoms with Crippen LogP contribution in [0.2, 0.25) is 0 Å². The van der Waals surface area contributed by atoms with E-state index in [0.717, 1.165) is 37.6 Å². The molecule has 1 saturated heterocycles. The summed E-state index contributed by atoms with van der Waals surface area (Å²) >= 11 is 0. The molecule has 0 spiro atoms. The Kier molecular flexibility index (Phi) is 4.76. The molecule has 104 valence electrons.